The fourth-order valence-corrected chi connectivity index (χ4v) is 2.68. The van der Waals surface area contributed by atoms with Crippen molar-refractivity contribution in [2.45, 2.75) is 6.54 Å². The molecule has 4 rings (SSSR count). The molecular formula is C20H16N2O3. The van der Waals surface area contributed by atoms with Crippen LogP contribution in [0.25, 0.3) is 11.1 Å². The van der Waals surface area contributed by atoms with Crippen LogP contribution in [0.4, 0.5) is 0 Å². The Kier molecular flexibility index (Phi) is 4.04. The van der Waals surface area contributed by atoms with E-state index in [9.17, 15) is 4.79 Å². The molecule has 0 bridgehead atoms. The minimum atomic E-state index is -0.115. The zero-order valence-corrected chi connectivity index (χ0v) is 13.4. The molecule has 2 heterocycles. The second-order valence-electron chi connectivity index (χ2n) is 5.69. The molecule has 2 aromatic carbocycles. The van der Waals surface area contributed by atoms with E-state index in [1.807, 2.05) is 54.6 Å². The molecule has 0 atom stereocenters. The molecule has 0 saturated carbocycles. The zero-order valence-electron chi connectivity index (χ0n) is 13.4. The lowest BCUT2D eigenvalue weighted by Crippen LogP contribution is -2.22. The molecular weight excluding hydrogens is 316 g/mol. The van der Waals surface area contributed by atoms with Gasteiger partial charge >= 0.3 is 0 Å². The SMILES string of the molecule is O=C(NCc1ccc2c(c1)OCO2)c1ccc(-c2cccnc2)cc1. The number of carbonyl (C=O) groups excluding carboxylic acids is 1. The van der Waals surface area contributed by atoms with E-state index in [4.69, 9.17) is 9.47 Å². The number of benzene rings is 2. The van der Waals surface area contributed by atoms with Gasteiger partial charge in [0.05, 0.1) is 0 Å². The minimum Gasteiger partial charge on any atom is -0.454 e. The lowest BCUT2D eigenvalue weighted by atomic mass is 10.1. The van der Waals surface area contributed by atoms with Crippen molar-refractivity contribution in [2.75, 3.05) is 6.79 Å². The Morgan fingerprint density at radius 2 is 1.84 bits per heavy atom. The van der Waals surface area contributed by atoms with E-state index in [-0.39, 0.29) is 12.7 Å². The van der Waals surface area contributed by atoms with Gasteiger partial charge in [0.25, 0.3) is 5.91 Å². The Labute approximate surface area is 145 Å². The molecule has 1 aliphatic rings. The monoisotopic (exact) mass is 332 g/mol. The number of aromatic nitrogens is 1. The van der Waals surface area contributed by atoms with Crippen molar-refractivity contribution in [1.29, 1.82) is 0 Å². The van der Waals surface area contributed by atoms with Gasteiger partial charge in [-0.2, -0.15) is 0 Å². The maximum absolute atomic E-state index is 12.3. The average Bonchev–Trinajstić information content (AvgIpc) is 3.15. The fourth-order valence-electron chi connectivity index (χ4n) is 2.68. The van der Waals surface area contributed by atoms with Crippen LogP contribution in [-0.4, -0.2) is 17.7 Å². The first-order valence-corrected chi connectivity index (χ1v) is 7.97. The molecule has 0 radical (unpaired) electrons. The van der Waals surface area contributed by atoms with Crippen molar-refractivity contribution in [2.24, 2.45) is 0 Å². The third-order valence-corrected chi connectivity index (χ3v) is 4.03. The first kappa shape index (κ1) is 15.2. The summed E-state index contributed by atoms with van der Waals surface area (Å²) >= 11 is 0. The second kappa shape index (κ2) is 6.65. The molecule has 1 amide bonds. The molecule has 1 N–H and O–H groups in total. The van der Waals surface area contributed by atoms with Crippen LogP contribution in [0.1, 0.15) is 15.9 Å². The Morgan fingerprint density at radius 3 is 2.64 bits per heavy atom. The summed E-state index contributed by atoms with van der Waals surface area (Å²) < 4.78 is 10.6. The number of hydrogen-bond acceptors (Lipinski definition) is 4. The number of nitrogens with one attached hydrogen (secondary N) is 1. The van der Waals surface area contributed by atoms with E-state index in [1.54, 1.807) is 12.4 Å². The van der Waals surface area contributed by atoms with Crippen molar-refractivity contribution in [1.82, 2.24) is 10.3 Å². The molecule has 0 unspecified atom stereocenters. The second-order valence-corrected chi connectivity index (χ2v) is 5.69. The van der Waals surface area contributed by atoms with Gasteiger partial charge in [0, 0.05) is 24.5 Å². The number of fused-ring (bicyclic) bond motifs is 1. The fraction of sp³-hybridized carbons (Fsp3) is 0.100. The van der Waals surface area contributed by atoms with Crippen LogP contribution in [0.5, 0.6) is 11.5 Å². The minimum absolute atomic E-state index is 0.115. The quantitative estimate of drug-likeness (QED) is 0.795. The highest BCUT2D eigenvalue weighted by Crippen LogP contribution is 2.32. The molecule has 25 heavy (non-hydrogen) atoms. The van der Waals surface area contributed by atoms with E-state index >= 15 is 0 Å². The third-order valence-electron chi connectivity index (χ3n) is 4.03. The lowest BCUT2D eigenvalue weighted by Gasteiger charge is -2.07. The van der Waals surface area contributed by atoms with Crippen molar-refractivity contribution in [3.8, 4) is 22.6 Å². The first-order chi connectivity index (χ1) is 12.3. The van der Waals surface area contributed by atoms with Gasteiger partial charge in [-0.3, -0.25) is 9.78 Å². The standard InChI is InChI=1S/C20H16N2O3/c23-20(22-11-14-3-8-18-19(10-14)25-13-24-18)16-6-4-15(5-7-16)17-2-1-9-21-12-17/h1-10,12H,11,13H2,(H,22,23). The molecule has 3 aromatic rings. The average molecular weight is 332 g/mol. The van der Waals surface area contributed by atoms with E-state index < -0.39 is 0 Å². The first-order valence-electron chi connectivity index (χ1n) is 7.97. The Bertz CT molecular complexity index is 893. The number of hydrogen-bond donors (Lipinski definition) is 1. The van der Waals surface area contributed by atoms with Gasteiger partial charge in [0.2, 0.25) is 6.79 Å². The zero-order chi connectivity index (χ0) is 17.1. The van der Waals surface area contributed by atoms with Crippen LogP contribution in [0.15, 0.2) is 67.0 Å². The molecule has 0 spiro atoms. The Balaban J connectivity index is 1.41. The van der Waals surface area contributed by atoms with E-state index in [0.717, 1.165) is 22.4 Å². The van der Waals surface area contributed by atoms with Crippen molar-refractivity contribution in [3.63, 3.8) is 0 Å². The predicted octanol–water partition coefficient (Wildman–Crippen LogP) is 3.41. The molecule has 0 saturated heterocycles. The van der Waals surface area contributed by atoms with E-state index in [2.05, 4.69) is 10.3 Å². The van der Waals surface area contributed by atoms with Gasteiger partial charge in [0.1, 0.15) is 0 Å². The van der Waals surface area contributed by atoms with Crippen LogP contribution in [0, 0.1) is 0 Å². The summed E-state index contributed by atoms with van der Waals surface area (Å²) in [7, 11) is 0. The number of rotatable bonds is 4. The maximum Gasteiger partial charge on any atom is 0.251 e. The summed E-state index contributed by atoms with van der Waals surface area (Å²) in [6.45, 7) is 0.675. The predicted molar refractivity (Wildman–Crippen MR) is 93.4 cm³/mol. The van der Waals surface area contributed by atoms with Crippen LogP contribution in [-0.2, 0) is 6.54 Å². The normalized spacial score (nSPS) is 12.0. The Morgan fingerprint density at radius 1 is 1.00 bits per heavy atom. The van der Waals surface area contributed by atoms with Crippen LogP contribution in [0.2, 0.25) is 0 Å². The number of ether oxygens (including phenoxy) is 2. The molecule has 0 aliphatic carbocycles. The summed E-state index contributed by atoms with van der Waals surface area (Å²) in [6, 6.07) is 17.0. The molecule has 124 valence electrons. The molecule has 0 fully saturated rings. The Hall–Kier alpha value is -3.34. The number of nitrogens with zero attached hydrogens (tertiary/aromatic N) is 1. The van der Waals surface area contributed by atoms with E-state index in [0.29, 0.717) is 17.9 Å². The summed E-state index contributed by atoms with van der Waals surface area (Å²) in [5.41, 5.74) is 3.63. The third kappa shape index (κ3) is 3.30. The van der Waals surface area contributed by atoms with Crippen molar-refractivity contribution < 1.29 is 14.3 Å². The topological polar surface area (TPSA) is 60.5 Å². The van der Waals surface area contributed by atoms with Crippen LogP contribution >= 0.6 is 0 Å². The molecule has 5 heteroatoms. The maximum atomic E-state index is 12.3. The highest BCUT2D eigenvalue weighted by molar-refractivity contribution is 5.94. The van der Waals surface area contributed by atoms with E-state index in [1.165, 1.54) is 0 Å². The van der Waals surface area contributed by atoms with Gasteiger partial charge in [0.15, 0.2) is 11.5 Å². The highest BCUT2D eigenvalue weighted by atomic mass is 16.7. The van der Waals surface area contributed by atoms with Gasteiger partial charge < -0.3 is 14.8 Å². The molecule has 5 nitrogen and oxygen atoms in total. The van der Waals surface area contributed by atoms with Crippen molar-refractivity contribution >= 4 is 5.91 Å². The number of carbonyl (C=O) groups is 1. The highest BCUT2D eigenvalue weighted by Gasteiger charge is 2.13. The molecule has 1 aromatic heterocycles. The smallest absolute Gasteiger partial charge is 0.251 e. The van der Waals surface area contributed by atoms with Crippen molar-refractivity contribution in [3.05, 3.63) is 78.1 Å². The summed E-state index contributed by atoms with van der Waals surface area (Å²) in [5.74, 6) is 1.34. The van der Waals surface area contributed by atoms with Gasteiger partial charge in [-0.15, -0.1) is 0 Å². The largest absolute Gasteiger partial charge is 0.454 e. The van der Waals surface area contributed by atoms with Gasteiger partial charge in [-0.05, 0) is 47.0 Å². The number of amides is 1. The lowest BCUT2D eigenvalue weighted by molar-refractivity contribution is 0.0951. The molecule has 1 aliphatic heterocycles. The summed E-state index contributed by atoms with van der Waals surface area (Å²) in [5, 5.41) is 2.92. The summed E-state index contributed by atoms with van der Waals surface area (Å²) in [4.78, 5) is 16.4. The van der Waals surface area contributed by atoms with Crippen LogP contribution < -0.4 is 14.8 Å². The number of pyridine rings is 1. The van der Waals surface area contributed by atoms with Crippen LogP contribution in [0.3, 0.4) is 0 Å². The van der Waals surface area contributed by atoms with Gasteiger partial charge in [-0.1, -0.05) is 24.3 Å². The summed E-state index contributed by atoms with van der Waals surface area (Å²) in [6.07, 6.45) is 3.54. The van der Waals surface area contributed by atoms with Gasteiger partial charge in [-0.25, -0.2) is 0 Å².